The second-order valence-corrected chi connectivity index (χ2v) is 8.94. The van der Waals surface area contributed by atoms with Gasteiger partial charge in [-0.25, -0.2) is 13.6 Å². The Labute approximate surface area is 126 Å². The number of rotatable bonds is 7. The van der Waals surface area contributed by atoms with Crippen molar-refractivity contribution in [3.8, 4) is 0 Å². The second kappa shape index (κ2) is 8.21. The molecule has 106 valence electrons. The second-order valence-electron chi connectivity index (χ2n) is 3.53. The molecule has 0 amide bonds. The molecule has 3 N–H and O–H groups in total. The highest BCUT2D eigenvalue weighted by molar-refractivity contribution is 8.76. The average molecular weight is 337 g/mol. The predicted molar refractivity (Wildman–Crippen MR) is 86.6 cm³/mol. The molecule has 1 aromatic carbocycles. The van der Waals surface area contributed by atoms with Gasteiger partial charge in [-0.1, -0.05) is 28.5 Å². The van der Waals surface area contributed by atoms with Crippen LogP contribution in [-0.4, -0.2) is 25.0 Å². The molecule has 0 spiro atoms. The van der Waals surface area contributed by atoms with Crippen LogP contribution >= 0.6 is 33.3 Å². The fourth-order valence-corrected chi connectivity index (χ4v) is 4.41. The third-order valence-electron chi connectivity index (χ3n) is 2.04. The van der Waals surface area contributed by atoms with E-state index in [1.807, 2.05) is 6.92 Å². The van der Waals surface area contributed by atoms with Crippen molar-refractivity contribution >= 4 is 48.4 Å². The van der Waals surface area contributed by atoms with Gasteiger partial charge in [0.2, 0.25) is 10.0 Å². The van der Waals surface area contributed by atoms with Crippen molar-refractivity contribution in [2.24, 2.45) is 5.14 Å². The first kappa shape index (κ1) is 16.9. The molecule has 0 aliphatic carbocycles. The number of hydrogen-bond donors (Lipinski definition) is 2. The lowest BCUT2D eigenvalue weighted by Crippen LogP contribution is -2.11. The molecule has 0 aromatic heterocycles. The first-order valence-electron chi connectivity index (χ1n) is 5.56. The Morgan fingerprint density at radius 3 is 2.47 bits per heavy atom. The van der Waals surface area contributed by atoms with Gasteiger partial charge in [-0.15, -0.1) is 11.8 Å². The Bertz CT molecular complexity index is 514. The van der Waals surface area contributed by atoms with E-state index < -0.39 is 10.0 Å². The van der Waals surface area contributed by atoms with Crippen molar-refractivity contribution in [2.75, 3.05) is 11.5 Å². The summed E-state index contributed by atoms with van der Waals surface area (Å²) < 4.78 is 22.2. The molecular formula is C11H16N2O2S4. The Morgan fingerprint density at radius 2 is 1.95 bits per heavy atom. The summed E-state index contributed by atoms with van der Waals surface area (Å²) in [5, 5.41) is 13.4. The lowest BCUT2D eigenvalue weighted by Gasteiger charge is -2.03. The zero-order valence-electron chi connectivity index (χ0n) is 10.5. The van der Waals surface area contributed by atoms with Crippen LogP contribution in [0.4, 0.5) is 0 Å². The number of thioether (sulfide) groups is 1. The van der Waals surface area contributed by atoms with Crippen molar-refractivity contribution in [2.45, 2.75) is 23.1 Å². The maximum Gasteiger partial charge on any atom is 0.238 e. The van der Waals surface area contributed by atoms with Gasteiger partial charge in [0, 0.05) is 17.1 Å². The molecule has 0 aliphatic rings. The van der Waals surface area contributed by atoms with E-state index in [0.717, 1.165) is 22.8 Å². The molecule has 0 fully saturated rings. The summed E-state index contributed by atoms with van der Waals surface area (Å²) in [5.74, 6) is 1.80. The highest BCUT2D eigenvalue weighted by Gasteiger charge is 2.06. The summed E-state index contributed by atoms with van der Waals surface area (Å²) in [7, 11) is -0.379. The molecule has 19 heavy (non-hydrogen) atoms. The lowest BCUT2D eigenvalue weighted by molar-refractivity contribution is 0.597. The Hall–Kier alpha value is -0.150. The van der Waals surface area contributed by atoms with Crippen LogP contribution in [0.2, 0.25) is 0 Å². The zero-order valence-corrected chi connectivity index (χ0v) is 13.7. The van der Waals surface area contributed by atoms with Gasteiger partial charge in [0.25, 0.3) is 0 Å². The van der Waals surface area contributed by atoms with Crippen molar-refractivity contribution in [3.05, 3.63) is 24.3 Å². The van der Waals surface area contributed by atoms with Crippen molar-refractivity contribution in [1.82, 2.24) is 0 Å². The van der Waals surface area contributed by atoms with Gasteiger partial charge in [0.1, 0.15) is 0 Å². The molecule has 0 saturated carbocycles. The van der Waals surface area contributed by atoms with Gasteiger partial charge in [-0.05, 0) is 30.0 Å². The van der Waals surface area contributed by atoms with Gasteiger partial charge in [0.05, 0.1) is 9.94 Å². The molecule has 0 unspecified atom stereocenters. The summed E-state index contributed by atoms with van der Waals surface area (Å²) in [4.78, 5) is 1.11. The van der Waals surface area contributed by atoms with Crippen LogP contribution in [0.3, 0.4) is 0 Å². The van der Waals surface area contributed by atoms with E-state index in [4.69, 9.17) is 10.5 Å². The van der Waals surface area contributed by atoms with Gasteiger partial charge >= 0.3 is 0 Å². The van der Waals surface area contributed by atoms with E-state index >= 15 is 0 Å². The first-order chi connectivity index (χ1) is 8.93. The third-order valence-corrected chi connectivity index (χ3v) is 6.19. The summed E-state index contributed by atoms with van der Waals surface area (Å²) in [5.41, 5.74) is 0. The van der Waals surface area contributed by atoms with Crippen LogP contribution in [0.25, 0.3) is 0 Å². The number of sulfonamides is 1. The van der Waals surface area contributed by atoms with Crippen LogP contribution in [-0.2, 0) is 10.0 Å². The molecule has 0 bridgehead atoms. The molecule has 0 radical (unpaired) electrons. The first-order valence-corrected chi connectivity index (χ1v) is 10.4. The highest BCUT2D eigenvalue weighted by Crippen LogP contribution is 2.32. The Morgan fingerprint density at radius 1 is 1.32 bits per heavy atom. The molecular weight excluding hydrogens is 320 g/mol. The minimum atomic E-state index is -3.61. The number of primary sulfonamides is 1. The SMILES string of the molecule is CCSC(=N)CCSSc1ccc(S(N)(=O)=O)cc1. The minimum Gasteiger partial charge on any atom is -0.298 e. The summed E-state index contributed by atoms with van der Waals surface area (Å²) in [6, 6.07) is 6.49. The van der Waals surface area contributed by atoms with E-state index in [1.54, 1.807) is 45.5 Å². The molecule has 1 rings (SSSR count). The summed E-state index contributed by atoms with van der Waals surface area (Å²) in [6.07, 6.45) is 0.769. The van der Waals surface area contributed by atoms with Crippen LogP contribution in [0.1, 0.15) is 13.3 Å². The van der Waals surface area contributed by atoms with Crippen LogP contribution in [0.15, 0.2) is 34.1 Å². The van der Waals surface area contributed by atoms with E-state index in [0.29, 0.717) is 5.04 Å². The molecule has 0 aliphatic heterocycles. The highest BCUT2D eigenvalue weighted by atomic mass is 33.1. The molecule has 0 atom stereocenters. The number of hydrogen-bond acceptors (Lipinski definition) is 6. The fourth-order valence-electron chi connectivity index (χ4n) is 1.18. The van der Waals surface area contributed by atoms with E-state index in [-0.39, 0.29) is 4.90 Å². The Kier molecular flexibility index (Phi) is 7.30. The van der Waals surface area contributed by atoms with Crippen molar-refractivity contribution in [1.29, 1.82) is 5.41 Å². The van der Waals surface area contributed by atoms with E-state index in [1.165, 1.54) is 12.1 Å². The van der Waals surface area contributed by atoms with Gasteiger partial charge in [-0.3, -0.25) is 5.41 Å². The number of nitrogens with two attached hydrogens (primary N) is 1. The smallest absolute Gasteiger partial charge is 0.238 e. The maximum absolute atomic E-state index is 11.1. The van der Waals surface area contributed by atoms with Gasteiger partial charge < -0.3 is 0 Å². The maximum atomic E-state index is 11.1. The third kappa shape index (κ3) is 6.71. The normalized spacial score (nSPS) is 11.5. The molecule has 0 heterocycles. The average Bonchev–Trinajstić information content (AvgIpc) is 2.34. The lowest BCUT2D eigenvalue weighted by atomic mass is 10.4. The van der Waals surface area contributed by atoms with Crippen LogP contribution in [0, 0.1) is 5.41 Å². The predicted octanol–water partition coefficient (Wildman–Crippen LogP) is 3.19. The summed E-state index contributed by atoms with van der Waals surface area (Å²) in [6.45, 7) is 2.04. The van der Waals surface area contributed by atoms with Crippen molar-refractivity contribution < 1.29 is 8.42 Å². The fraction of sp³-hybridized carbons (Fsp3) is 0.364. The summed E-state index contributed by atoms with van der Waals surface area (Å²) >= 11 is 1.56. The van der Waals surface area contributed by atoms with Gasteiger partial charge in [0.15, 0.2) is 0 Å². The topological polar surface area (TPSA) is 84.0 Å². The van der Waals surface area contributed by atoms with Gasteiger partial charge in [-0.2, -0.15) is 0 Å². The zero-order chi connectivity index (χ0) is 14.3. The molecule has 4 nitrogen and oxygen atoms in total. The van der Waals surface area contributed by atoms with E-state index in [2.05, 4.69) is 0 Å². The standard InChI is InChI=1S/C11H16N2O2S4/c1-2-16-11(12)7-8-17-18-9-3-5-10(6-4-9)19(13,14)15/h3-6,12H,2,7-8H2,1H3,(H2,13,14,15). The largest absolute Gasteiger partial charge is 0.298 e. The van der Waals surface area contributed by atoms with Crippen LogP contribution in [0.5, 0.6) is 0 Å². The molecule has 0 saturated heterocycles. The quantitative estimate of drug-likeness (QED) is 0.346. The van der Waals surface area contributed by atoms with E-state index in [9.17, 15) is 8.42 Å². The molecule has 8 heteroatoms. The van der Waals surface area contributed by atoms with Crippen LogP contribution < -0.4 is 5.14 Å². The minimum absolute atomic E-state index is 0.128. The monoisotopic (exact) mass is 336 g/mol. The number of benzene rings is 1. The molecule has 1 aromatic rings. The van der Waals surface area contributed by atoms with Crippen molar-refractivity contribution in [3.63, 3.8) is 0 Å². The Balaban J connectivity index is 2.37. The number of nitrogens with one attached hydrogen (secondary N) is 1.